The van der Waals surface area contributed by atoms with Crippen molar-refractivity contribution < 1.29 is 13.9 Å². The number of H-pyrrole nitrogens is 1. The zero-order chi connectivity index (χ0) is 21.1. The summed E-state index contributed by atoms with van der Waals surface area (Å²) in [6.07, 6.45) is -0.654. The molecule has 1 unspecified atom stereocenters. The van der Waals surface area contributed by atoms with Gasteiger partial charge in [0.15, 0.2) is 11.6 Å². The molecule has 9 heteroatoms. The van der Waals surface area contributed by atoms with Crippen LogP contribution in [0.5, 0.6) is 0 Å². The molecule has 0 fully saturated rings. The van der Waals surface area contributed by atoms with Gasteiger partial charge in [-0.2, -0.15) is 5.10 Å². The summed E-state index contributed by atoms with van der Waals surface area (Å²) in [7, 11) is 1.27. The van der Waals surface area contributed by atoms with Crippen molar-refractivity contribution in [1.29, 1.82) is 0 Å². The first-order valence-electron chi connectivity index (χ1n) is 9.19. The number of fused-ring (bicyclic) bond motifs is 1. The molecular formula is C21H19FN6O2. The minimum absolute atomic E-state index is 0.320. The molecule has 2 heterocycles. The standard InChI is InChI=1S/C21H19FN6O2/c1-12-11-17(28-27-12)24-19-15-5-3-4-6-16(15)23-20(26-19)18(25-21(29)30-2)13-7-9-14(22)10-8-13/h3-11,18H,1-2H3,(H,25,29)(H2,23,24,26,27,28). The maximum atomic E-state index is 13.4. The Morgan fingerprint density at radius 1 is 1.13 bits per heavy atom. The molecule has 2 aromatic carbocycles. The summed E-state index contributed by atoms with van der Waals surface area (Å²) in [6.45, 7) is 1.90. The van der Waals surface area contributed by atoms with Crippen LogP contribution in [0.25, 0.3) is 10.9 Å². The predicted molar refractivity (Wildman–Crippen MR) is 110 cm³/mol. The number of carbonyl (C=O) groups is 1. The maximum absolute atomic E-state index is 13.4. The average molecular weight is 406 g/mol. The van der Waals surface area contributed by atoms with Gasteiger partial charge in [-0.05, 0) is 36.8 Å². The lowest BCUT2D eigenvalue weighted by Gasteiger charge is -2.19. The molecule has 3 N–H and O–H groups in total. The van der Waals surface area contributed by atoms with E-state index >= 15 is 0 Å². The van der Waals surface area contributed by atoms with Crippen molar-refractivity contribution in [3.05, 3.63) is 77.5 Å². The minimum Gasteiger partial charge on any atom is -0.453 e. The molecule has 0 aliphatic rings. The van der Waals surface area contributed by atoms with Gasteiger partial charge in [0.05, 0.1) is 12.6 Å². The van der Waals surface area contributed by atoms with Crippen molar-refractivity contribution in [2.75, 3.05) is 12.4 Å². The molecule has 152 valence electrons. The monoisotopic (exact) mass is 406 g/mol. The van der Waals surface area contributed by atoms with Gasteiger partial charge in [0.25, 0.3) is 0 Å². The molecule has 0 spiro atoms. The number of para-hydroxylation sites is 1. The molecule has 30 heavy (non-hydrogen) atoms. The lowest BCUT2D eigenvalue weighted by molar-refractivity contribution is 0.168. The van der Waals surface area contributed by atoms with E-state index in [2.05, 4.69) is 30.8 Å². The van der Waals surface area contributed by atoms with Crippen LogP contribution in [-0.2, 0) is 4.74 Å². The molecule has 2 aromatic heterocycles. The van der Waals surface area contributed by atoms with Gasteiger partial charge in [0.2, 0.25) is 0 Å². The topological polar surface area (TPSA) is 105 Å². The highest BCUT2D eigenvalue weighted by molar-refractivity contribution is 5.90. The fraction of sp³-hybridized carbons (Fsp3) is 0.143. The van der Waals surface area contributed by atoms with Crippen LogP contribution in [0, 0.1) is 12.7 Å². The smallest absolute Gasteiger partial charge is 0.407 e. The molecule has 4 rings (SSSR count). The first-order valence-corrected chi connectivity index (χ1v) is 9.19. The van der Waals surface area contributed by atoms with Crippen LogP contribution in [-0.4, -0.2) is 33.4 Å². The van der Waals surface area contributed by atoms with Crippen molar-refractivity contribution in [2.45, 2.75) is 13.0 Å². The van der Waals surface area contributed by atoms with Gasteiger partial charge in [-0.1, -0.05) is 24.3 Å². The molecule has 0 aliphatic heterocycles. The summed E-state index contributed by atoms with van der Waals surface area (Å²) < 4.78 is 18.2. The summed E-state index contributed by atoms with van der Waals surface area (Å²) in [4.78, 5) is 21.3. The zero-order valence-corrected chi connectivity index (χ0v) is 16.3. The molecule has 0 bridgehead atoms. The van der Waals surface area contributed by atoms with Crippen molar-refractivity contribution in [3.8, 4) is 0 Å². The average Bonchev–Trinajstić information content (AvgIpc) is 3.17. The number of halogens is 1. The van der Waals surface area contributed by atoms with Crippen LogP contribution in [0.15, 0.2) is 54.6 Å². The second-order valence-corrected chi connectivity index (χ2v) is 6.63. The van der Waals surface area contributed by atoms with E-state index in [4.69, 9.17) is 4.74 Å². The van der Waals surface area contributed by atoms with E-state index < -0.39 is 12.1 Å². The molecule has 1 atom stereocenters. The van der Waals surface area contributed by atoms with E-state index in [1.807, 2.05) is 37.3 Å². The number of alkyl carbamates (subject to hydrolysis) is 1. The Kier molecular flexibility index (Phi) is 5.25. The lowest BCUT2D eigenvalue weighted by Crippen LogP contribution is -2.30. The van der Waals surface area contributed by atoms with Gasteiger partial charge >= 0.3 is 6.09 Å². The second-order valence-electron chi connectivity index (χ2n) is 6.63. The fourth-order valence-electron chi connectivity index (χ4n) is 3.05. The Hall–Kier alpha value is -4.01. The summed E-state index contributed by atoms with van der Waals surface area (Å²) in [6, 6.07) is 14.4. The van der Waals surface area contributed by atoms with Crippen LogP contribution in [0.1, 0.15) is 23.1 Å². The normalized spacial score (nSPS) is 11.8. The summed E-state index contributed by atoms with van der Waals surface area (Å²) in [5.41, 5.74) is 2.18. The van der Waals surface area contributed by atoms with Gasteiger partial charge in [-0.25, -0.2) is 19.2 Å². The number of aromatic nitrogens is 4. The van der Waals surface area contributed by atoms with Crippen LogP contribution < -0.4 is 10.6 Å². The van der Waals surface area contributed by atoms with Gasteiger partial charge < -0.3 is 15.4 Å². The molecule has 0 saturated carbocycles. The third kappa shape index (κ3) is 4.04. The third-order valence-electron chi connectivity index (χ3n) is 4.48. The van der Waals surface area contributed by atoms with E-state index in [1.165, 1.54) is 19.2 Å². The highest BCUT2D eigenvalue weighted by atomic mass is 19.1. The van der Waals surface area contributed by atoms with Crippen LogP contribution in [0.2, 0.25) is 0 Å². The summed E-state index contributed by atoms with van der Waals surface area (Å²) >= 11 is 0. The second kappa shape index (κ2) is 8.16. The molecule has 1 amide bonds. The van der Waals surface area contributed by atoms with Crippen LogP contribution in [0.4, 0.5) is 20.8 Å². The molecular weight excluding hydrogens is 387 g/mol. The van der Waals surface area contributed by atoms with E-state index in [0.717, 1.165) is 11.1 Å². The molecule has 8 nitrogen and oxygen atoms in total. The van der Waals surface area contributed by atoms with Crippen molar-refractivity contribution in [1.82, 2.24) is 25.5 Å². The van der Waals surface area contributed by atoms with Crippen LogP contribution in [0.3, 0.4) is 0 Å². The molecule has 0 radical (unpaired) electrons. The molecule has 4 aromatic rings. The Balaban J connectivity index is 1.83. The Labute approximate surface area is 171 Å². The minimum atomic E-state index is -0.746. The maximum Gasteiger partial charge on any atom is 0.407 e. The quantitative estimate of drug-likeness (QED) is 0.463. The third-order valence-corrected chi connectivity index (χ3v) is 4.48. The number of benzene rings is 2. The molecule has 0 aliphatic carbocycles. The fourth-order valence-corrected chi connectivity index (χ4v) is 3.05. The van der Waals surface area contributed by atoms with Gasteiger partial charge in [-0.3, -0.25) is 5.10 Å². The number of nitrogens with zero attached hydrogens (tertiary/aromatic N) is 3. The summed E-state index contributed by atoms with van der Waals surface area (Å²) in [5.74, 6) is 1.06. The number of carbonyl (C=O) groups excluding carboxylic acids is 1. The number of aromatic amines is 1. The highest BCUT2D eigenvalue weighted by Gasteiger charge is 2.22. The van der Waals surface area contributed by atoms with Gasteiger partial charge in [0.1, 0.15) is 17.7 Å². The first-order chi connectivity index (χ1) is 14.5. The first kappa shape index (κ1) is 19.3. The zero-order valence-electron chi connectivity index (χ0n) is 16.3. The van der Waals surface area contributed by atoms with E-state index in [1.54, 1.807) is 12.1 Å². The number of nitrogens with one attached hydrogen (secondary N) is 3. The van der Waals surface area contributed by atoms with E-state index in [0.29, 0.717) is 28.5 Å². The summed E-state index contributed by atoms with van der Waals surface area (Å²) in [5, 5.41) is 13.8. The number of ether oxygens (including phenoxy) is 1. The van der Waals surface area contributed by atoms with Crippen molar-refractivity contribution >= 4 is 28.6 Å². The number of methoxy groups -OCH3 is 1. The number of hydrogen-bond acceptors (Lipinski definition) is 6. The van der Waals surface area contributed by atoms with Crippen LogP contribution >= 0.6 is 0 Å². The lowest BCUT2D eigenvalue weighted by atomic mass is 10.1. The number of rotatable bonds is 5. The molecule has 0 saturated heterocycles. The van der Waals surface area contributed by atoms with Crippen molar-refractivity contribution in [2.24, 2.45) is 0 Å². The number of anilines is 2. The Morgan fingerprint density at radius 3 is 2.60 bits per heavy atom. The van der Waals surface area contributed by atoms with Gasteiger partial charge in [-0.15, -0.1) is 0 Å². The number of amides is 1. The SMILES string of the molecule is COC(=O)NC(c1ccc(F)cc1)c1nc(Nc2cc(C)[nH]n2)c2ccccc2n1. The van der Waals surface area contributed by atoms with Gasteiger partial charge in [0, 0.05) is 17.1 Å². The number of aryl methyl sites for hydroxylation is 1. The van der Waals surface area contributed by atoms with E-state index in [-0.39, 0.29) is 5.82 Å². The van der Waals surface area contributed by atoms with Crippen molar-refractivity contribution in [3.63, 3.8) is 0 Å². The highest BCUT2D eigenvalue weighted by Crippen LogP contribution is 2.27. The predicted octanol–water partition coefficient (Wildman–Crippen LogP) is 3.99. The Morgan fingerprint density at radius 2 is 1.90 bits per heavy atom. The largest absolute Gasteiger partial charge is 0.453 e. The number of hydrogen-bond donors (Lipinski definition) is 3. The van der Waals surface area contributed by atoms with E-state index in [9.17, 15) is 9.18 Å². The Bertz CT molecular complexity index is 1190.